The van der Waals surface area contributed by atoms with Crippen molar-refractivity contribution in [2.45, 2.75) is 121 Å². The largest absolute Gasteiger partial charge is 0.479 e. The summed E-state index contributed by atoms with van der Waals surface area (Å²) in [6.45, 7) is 4.76. The maximum Gasteiger partial charge on any atom is 0.407 e. The highest BCUT2D eigenvalue weighted by molar-refractivity contribution is 9.09. The first-order chi connectivity index (χ1) is 35.2. The van der Waals surface area contributed by atoms with Crippen LogP contribution in [0.4, 0.5) is 16.2 Å². The molecule has 13 atom stereocenters. The van der Waals surface area contributed by atoms with Gasteiger partial charge in [0.25, 0.3) is 0 Å². The second-order valence-corrected chi connectivity index (χ2v) is 23.5. The molecule has 8 fully saturated rings. The Balaban J connectivity index is 0.739. The normalized spacial score (nSPS) is 38.1. The minimum absolute atomic E-state index is 0.00344. The molecule has 2 bridgehead atoms. The number of amides is 3. The fraction of sp³-hybridized carbons (Fsp3) is 0.593. The quantitative estimate of drug-likeness (QED) is 0.109. The Morgan fingerprint density at radius 3 is 2.38 bits per heavy atom. The molecule has 9 N–H and O–H groups in total. The molecule has 2 heterocycles. The third-order valence-electron chi connectivity index (χ3n) is 18.6. The van der Waals surface area contributed by atoms with Crippen molar-refractivity contribution in [2.75, 3.05) is 41.8 Å². The second-order valence-electron chi connectivity index (χ2n) is 22.9. The van der Waals surface area contributed by atoms with Crippen LogP contribution in [0.2, 0.25) is 0 Å². The summed E-state index contributed by atoms with van der Waals surface area (Å²) < 4.78 is 16.6. The highest BCUT2D eigenvalue weighted by atomic mass is 79.9. The Labute approximate surface area is 436 Å². The zero-order chi connectivity index (χ0) is 52.7. The number of halogens is 1. The Hall–Kier alpha value is -5.22. The van der Waals surface area contributed by atoms with Crippen molar-refractivity contribution in [3.8, 4) is 5.75 Å². The maximum atomic E-state index is 14.2. The molecule has 0 aromatic heterocycles. The number of aliphatic hydroxyl groups is 5. The lowest BCUT2D eigenvalue weighted by Crippen LogP contribution is -2.75. The van der Waals surface area contributed by atoms with Crippen LogP contribution >= 0.6 is 15.9 Å². The zero-order valence-corrected chi connectivity index (χ0v) is 42.9. The number of allylic oxidation sites excluding steroid dienone is 4. The van der Waals surface area contributed by atoms with Crippen molar-refractivity contribution in [3.05, 3.63) is 77.4 Å². The number of fused-ring (bicyclic) bond motifs is 7. The lowest BCUT2D eigenvalue weighted by molar-refractivity contribution is -0.271. The predicted molar refractivity (Wildman–Crippen MR) is 268 cm³/mol. The molecule has 6 saturated carbocycles. The number of nitrogens with one attached hydrogen (secondary N) is 3. The topological polar surface area (TPSA) is 291 Å². The molecule has 7 aliphatic carbocycles. The van der Waals surface area contributed by atoms with Gasteiger partial charge in [0.15, 0.2) is 17.7 Å². The second kappa shape index (κ2) is 19.4. The molecule has 9 aliphatic rings. The van der Waals surface area contributed by atoms with Gasteiger partial charge in [0.05, 0.1) is 22.5 Å². The minimum Gasteiger partial charge on any atom is -0.479 e. The highest BCUT2D eigenvalue weighted by Gasteiger charge is 2.73. The van der Waals surface area contributed by atoms with E-state index in [2.05, 4.69) is 74.9 Å². The lowest BCUT2D eigenvalue weighted by atomic mass is 9.38. The number of ether oxygens (including phenoxy) is 3. The van der Waals surface area contributed by atoms with Crippen molar-refractivity contribution in [1.29, 1.82) is 0 Å². The fourth-order valence-corrected chi connectivity index (χ4v) is 15.6. The average molecular weight is 1090 g/mol. The molecule has 0 spiro atoms. The molecule has 11 rings (SSSR count). The van der Waals surface area contributed by atoms with Gasteiger partial charge in [0, 0.05) is 48.6 Å². The predicted octanol–water partition coefficient (Wildman–Crippen LogP) is 3.06. The molecule has 2 aromatic rings. The van der Waals surface area contributed by atoms with Crippen molar-refractivity contribution in [2.24, 2.45) is 45.3 Å². The summed E-state index contributed by atoms with van der Waals surface area (Å²) in [4.78, 5) is 78.3. The molecule has 2 saturated heterocycles. The first-order valence-corrected chi connectivity index (χ1v) is 26.7. The minimum atomic E-state index is -1.94. The number of ketones is 2. The molecule has 3 amide bonds. The number of hydrogen-bond acceptors (Lipinski definition) is 15. The third-order valence-corrected chi connectivity index (χ3v) is 19.1. The van der Waals surface area contributed by atoms with Gasteiger partial charge in [-0.1, -0.05) is 59.6 Å². The van der Waals surface area contributed by atoms with E-state index in [1.165, 1.54) is 18.2 Å². The molecule has 0 unspecified atom stereocenters. The molecule has 74 heavy (non-hydrogen) atoms. The van der Waals surface area contributed by atoms with E-state index in [0.717, 1.165) is 61.8 Å². The smallest absolute Gasteiger partial charge is 0.407 e. The fourth-order valence-electron chi connectivity index (χ4n) is 15.4. The first kappa shape index (κ1) is 52.2. The van der Waals surface area contributed by atoms with Gasteiger partial charge in [-0.2, -0.15) is 0 Å². The number of nitrogens with zero attached hydrogens (tertiary/aromatic N) is 1. The SMILES string of the molecule is C[C@]12C=CC(=O)C=C1CC[C@@H]1[C@@H]2[C@@H](O)C[C@@]2(C)[C@H]1C[C@H]1CN(c3ccc(CC45CC(NC(=O)OCc6ccc(O[C@@H]7O[C@H](C(=O)O)[C@@H](O)[C@H](O)[C@H]7O)c(NC(=O)CCNC(=O)CBr)c6)(C4)C5)cc3)C[C@]12C(=O)CO. The number of anilines is 2. The van der Waals surface area contributed by atoms with Crippen LogP contribution in [-0.2, 0) is 46.5 Å². The summed E-state index contributed by atoms with van der Waals surface area (Å²) in [7, 11) is 0. The maximum absolute atomic E-state index is 14.2. The van der Waals surface area contributed by atoms with Crippen LogP contribution in [0, 0.1) is 45.3 Å². The number of rotatable bonds is 16. The van der Waals surface area contributed by atoms with Crippen molar-refractivity contribution < 1.29 is 73.6 Å². The lowest BCUT2D eigenvalue weighted by Gasteiger charge is -2.70. The van der Waals surface area contributed by atoms with Crippen LogP contribution in [0.1, 0.15) is 76.3 Å². The molecule has 19 nitrogen and oxygen atoms in total. The van der Waals surface area contributed by atoms with E-state index < -0.39 is 83.2 Å². The van der Waals surface area contributed by atoms with E-state index in [-0.39, 0.29) is 82.9 Å². The van der Waals surface area contributed by atoms with E-state index in [1.54, 1.807) is 12.2 Å². The summed E-state index contributed by atoms with van der Waals surface area (Å²) in [6, 6.07) is 12.8. The van der Waals surface area contributed by atoms with Gasteiger partial charge in [-0.25, -0.2) is 9.59 Å². The van der Waals surface area contributed by atoms with Crippen LogP contribution in [-0.4, -0.2) is 140 Å². The Bertz CT molecular complexity index is 2660. The zero-order valence-electron chi connectivity index (χ0n) is 41.3. The summed E-state index contributed by atoms with van der Waals surface area (Å²) in [5.41, 5.74) is 1.64. The number of aliphatic hydroxyl groups excluding tert-OH is 5. The number of benzene rings is 2. The van der Waals surface area contributed by atoms with Crippen molar-refractivity contribution in [1.82, 2.24) is 10.6 Å². The Kier molecular flexibility index (Phi) is 13.7. The molecule has 20 heteroatoms. The van der Waals surface area contributed by atoms with Gasteiger partial charge in [-0.15, -0.1) is 0 Å². The molecule has 398 valence electrons. The Morgan fingerprint density at radius 2 is 1.68 bits per heavy atom. The van der Waals surface area contributed by atoms with E-state index in [9.17, 15) is 59.4 Å². The van der Waals surface area contributed by atoms with Gasteiger partial charge in [0.1, 0.15) is 37.3 Å². The molecule has 0 radical (unpaired) electrons. The highest BCUT2D eigenvalue weighted by Crippen LogP contribution is 2.73. The van der Waals surface area contributed by atoms with Gasteiger partial charge in [-0.05, 0) is 127 Å². The Morgan fingerprint density at radius 1 is 0.946 bits per heavy atom. The standard InChI is InChI=1S/C54H65BrN4O15/c1-50-13-11-33(61)16-30(50)6-9-34-35-17-31-21-59(27-54(31,39(63)22-60)51(35,2)19-37(62)42(34)50)32-7-3-28(4-8-32)18-52-24-53(25-52,26-52)58-49(71)72-23-29-5-10-38(36(15-29)57-40(64)12-14-56-41(65)20-55)73-48-45(68)43(66)44(67)46(74-48)47(69)70/h3-5,7-8,10-11,13,15-16,31,34-35,37,42-46,48,60,62,66-68H,6,9,12,14,17-27H2,1-2H3,(H,56,65)(H,57,64)(H,58,71)(H,69,70)/t31-,34-,35-,37-,42+,43-,44-,45+,46-,48+,50-,51-,52?,53?,54+/m0/s1. The number of alkyl carbamates (subject to hydrolysis) is 1. The molecule has 2 aliphatic heterocycles. The third kappa shape index (κ3) is 8.84. The van der Waals surface area contributed by atoms with Crippen LogP contribution in [0.3, 0.4) is 0 Å². The van der Waals surface area contributed by atoms with Crippen LogP contribution in [0.25, 0.3) is 0 Å². The molecule has 2 aromatic carbocycles. The number of carbonyl (C=O) groups is 6. The van der Waals surface area contributed by atoms with E-state index in [0.29, 0.717) is 25.1 Å². The summed E-state index contributed by atoms with van der Waals surface area (Å²) >= 11 is 3.04. The number of aliphatic carboxylic acids is 1. The van der Waals surface area contributed by atoms with Gasteiger partial charge >= 0.3 is 12.1 Å². The van der Waals surface area contributed by atoms with E-state index in [4.69, 9.17) is 14.2 Å². The number of carboxylic acid groups (broad SMARTS) is 1. The van der Waals surface area contributed by atoms with Crippen LogP contribution in [0.5, 0.6) is 5.75 Å². The number of alkyl halides is 1. The first-order valence-electron chi connectivity index (χ1n) is 25.6. The van der Waals surface area contributed by atoms with Gasteiger partial charge in [0.2, 0.25) is 18.1 Å². The van der Waals surface area contributed by atoms with Gasteiger partial charge in [-0.3, -0.25) is 19.2 Å². The number of carbonyl (C=O) groups excluding carboxylic acids is 5. The van der Waals surface area contributed by atoms with E-state index in [1.807, 2.05) is 6.08 Å². The number of Topliss-reactive ketones (excluding diaryl/α,β-unsaturated/α-hetero) is 1. The average Bonchev–Trinajstić information content (AvgIpc) is 3.85. The van der Waals surface area contributed by atoms with Crippen molar-refractivity contribution >= 4 is 62.7 Å². The summed E-state index contributed by atoms with van der Waals surface area (Å²) in [5, 5.41) is 71.3. The van der Waals surface area contributed by atoms with Crippen molar-refractivity contribution in [3.63, 3.8) is 0 Å². The summed E-state index contributed by atoms with van der Waals surface area (Å²) in [5.74, 6) is -2.34. The van der Waals surface area contributed by atoms with Crippen LogP contribution < -0.4 is 25.6 Å². The molecular weight excluding hydrogens is 1020 g/mol. The van der Waals surface area contributed by atoms with Crippen LogP contribution in [0.15, 0.2) is 66.3 Å². The summed E-state index contributed by atoms with van der Waals surface area (Å²) in [6.07, 6.45) is 0.674. The molecular formula is C54H65BrN4O15. The number of carboxylic acids is 1. The number of hydrogen-bond donors (Lipinski definition) is 9. The van der Waals surface area contributed by atoms with Gasteiger partial charge < -0.3 is 65.7 Å². The monoisotopic (exact) mass is 1090 g/mol. The van der Waals surface area contributed by atoms with E-state index >= 15 is 0 Å².